The molecule has 4 heteroatoms. The predicted octanol–water partition coefficient (Wildman–Crippen LogP) is 2.36. The van der Waals surface area contributed by atoms with Crippen LogP contribution in [0.5, 0.6) is 0 Å². The Morgan fingerprint density at radius 3 is 2.63 bits per heavy atom. The number of benzene rings is 1. The monoisotopic (exact) mass is 257 g/mol. The van der Waals surface area contributed by atoms with Gasteiger partial charge in [-0.3, -0.25) is 4.79 Å². The summed E-state index contributed by atoms with van der Waals surface area (Å²) in [6.07, 6.45) is 2.65. The molecule has 100 valence electrons. The zero-order chi connectivity index (χ0) is 14.0. The van der Waals surface area contributed by atoms with Crippen LogP contribution in [0, 0.1) is 13.8 Å². The number of rotatable bonds is 4. The van der Waals surface area contributed by atoms with Crippen LogP contribution in [-0.4, -0.2) is 35.1 Å². The van der Waals surface area contributed by atoms with Gasteiger partial charge in [0.25, 0.3) is 0 Å². The van der Waals surface area contributed by atoms with Crippen LogP contribution >= 0.6 is 0 Å². The Hall–Kier alpha value is -1.94. The molecule has 0 radical (unpaired) electrons. The lowest BCUT2D eigenvalue weighted by atomic mass is 10.1. The minimum Gasteiger partial charge on any atom is -0.305 e. The molecule has 0 spiro atoms. The fourth-order valence-corrected chi connectivity index (χ4v) is 2.22. The molecular weight excluding hydrogens is 238 g/mol. The van der Waals surface area contributed by atoms with Gasteiger partial charge in [-0.2, -0.15) is 5.10 Å². The zero-order valence-electron chi connectivity index (χ0n) is 11.8. The summed E-state index contributed by atoms with van der Waals surface area (Å²) < 4.78 is 1.81. The summed E-state index contributed by atoms with van der Waals surface area (Å²) in [7, 11) is 4.08. The lowest BCUT2D eigenvalue weighted by molar-refractivity contribution is 0.112. The Bertz CT molecular complexity index is 599. The highest BCUT2D eigenvalue weighted by Crippen LogP contribution is 2.21. The Morgan fingerprint density at radius 1 is 1.32 bits per heavy atom. The van der Waals surface area contributed by atoms with Gasteiger partial charge in [0.1, 0.15) is 0 Å². The van der Waals surface area contributed by atoms with Crippen LogP contribution in [0.15, 0.2) is 24.4 Å². The summed E-state index contributed by atoms with van der Waals surface area (Å²) in [6, 6.07) is 6.21. The predicted molar refractivity (Wildman–Crippen MR) is 75.8 cm³/mol. The highest BCUT2D eigenvalue weighted by Gasteiger charge is 2.12. The Kier molecular flexibility index (Phi) is 3.81. The van der Waals surface area contributed by atoms with Crippen molar-refractivity contribution in [3.05, 3.63) is 46.8 Å². The second kappa shape index (κ2) is 5.36. The molecule has 0 atom stereocenters. The Balaban J connectivity index is 2.56. The van der Waals surface area contributed by atoms with Crippen molar-refractivity contribution >= 4 is 6.29 Å². The van der Waals surface area contributed by atoms with Crippen molar-refractivity contribution in [2.24, 2.45) is 0 Å². The van der Waals surface area contributed by atoms with E-state index in [1.54, 1.807) is 6.20 Å². The fourth-order valence-electron chi connectivity index (χ4n) is 2.22. The van der Waals surface area contributed by atoms with Gasteiger partial charge in [-0.15, -0.1) is 0 Å². The number of aldehydes is 1. The minimum atomic E-state index is 0.638. The molecule has 2 aromatic rings. The number of para-hydroxylation sites is 1. The van der Waals surface area contributed by atoms with Crippen molar-refractivity contribution in [2.45, 2.75) is 20.4 Å². The first kappa shape index (κ1) is 13.5. The maximum Gasteiger partial charge on any atom is 0.153 e. The van der Waals surface area contributed by atoms with Crippen molar-refractivity contribution in [1.29, 1.82) is 0 Å². The zero-order valence-corrected chi connectivity index (χ0v) is 11.8. The third-order valence-corrected chi connectivity index (χ3v) is 3.10. The first-order valence-corrected chi connectivity index (χ1v) is 6.28. The van der Waals surface area contributed by atoms with Gasteiger partial charge in [-0.05, 0) is 39.1 Å². The first-order valence-electron chi connectivity index (χ1n) is 6.28. The highest BCUT2D eigenvalue weighted by molar-refractivity contribution is 5.76. The summed E-state index contributed by atoms with van der Waals surface area (Å²) in [5.74, 6) is 0. The highest BCUT2D eigenvalue weighted by atomic mass is 16.1. The van der Waals surface area contributed by atoms with Crippen molar-refractivity contribution < 1.29 is 4.79 Å². The maximum atomic E-state index is 11.0. The number of carbonyl (C=O) groups is 1. The van der Waals surface area contributed by atoms with Gasteiger partial charge in [0.05, 0.1) is 16.9 Å². The molecule has 0 saturated carbocycles. The number of aryl methyl sites for hydroxylation is 2. The van der Waals surface area contributed by atoms with Gasteiger partial charge in [0, 0.05) is 12.7 Å². The summed E-state index contributed by atoms with van der Waals surface area (Å²) in [4.78, 5) is 13.1. The molecule has 1 aromatic heterocycles. The lowest BCUT2D eigenvalue weighted by Crippen LogP contribution is -2.14. The molecule has 0 aliphatic heterocycles. The Labute approximate surface area is 113 Å². The summed E-state index contributed by atoms with van der Waals surface area (Å²) in [6.45, 7) is 4.75. The second-order valence-corrected chi connectivity index (χ2v) is 5.05. The van der Waals surface area contributed by atoms with E-state index in [9.17, 15) is 4.79 Å². The van der Waals surface area contributed by atoms with Crippen LogP contribution in [0.3, 0.4) is 0 Å². The smallest absolute Gasteiger partial charge is 0.153 e. The largest absolute Gasteiger partial charge is 0.305 e. The van der Waals surface area contributed by atoms with E-state index in [4.69, 9.17) is 0 Å². The van der Waals surface area contributed by atoms with Crippen LogP contribution in [0.25, 0.3) is 5.69 Å². The van der Waals surface area contributed by atoms with E-state index < -0.39 is 0 Å². The second-order valence-electron chi connectivity index (χ2n) is 5.05. The normalized spacial score (nSPS) is 11.0. The van der Waals surface area contributed by atoms with Gasteiger partial charge in [0.2, 0.25) is 0 Å². The van der Waals surface area contributed by atoms with E-state index >= 15 is 0 Å². The number of hydrogen-bond donors (Lipinski definition) is 0. The van der Waals surface area contributed by atoms with Crippen molar-refractivity contribution in [2.75, 3.05) is 14.1 Å². The molecule has 0 bridgehead atoms. The van der Waals surface area contributed by atoms with E-state index in [0.29, 0.717) is 5.56 Å². The molecule has 0 unspecified atom stereocenters. The molecule has 0 aliphatic carbocycles. The van der Waals surface area contributed by atoms with Gasteiger partial charge in [-0.25, -0.2) is 4.68 Å². The first-order chi connectivity index (χ1) is 9.02. The molecule has 0 amide bonds. The molecule has 0 aliphatic rings. The molecule has 1 heterocycles. The van der Waals surface area contributed by atoms with E-state index in [1.807, 2.05) is 25.7 Å². The van der Waals surface area contributed by atoms with Gasteiger partial charge in [0.15, 0.2) is 6.29 Å². The van der Waals surface area contributed by atoms with Gasteiger partial charge >= 0.3 is 0 Å². The van der Waals surface area contributed by atoms with Crippen molar-refractivity contribution in [1.82, 2.24) is 14.7 Å². The average Bonchev–Trinajstić information content (AvgIpc) is 2.69. The summed E-state index contributed by atoms with van der Waals surface area (Å²) in [5.41, 5.74) is 4.81. The van der Waals surface area contributed by atoms with Crippen LogP contribution < -0.4 is 0 Å². The number of hydrogen-bond acceptors (Lipinski definition) is 3. The van der Waals surface area contributed by atoms with Crippen molar-refractivity contribution in [3.8, 4) is 5.69 Å². The molecule has 2 rings (SSSR count). The third-order valence-electron chi connectivity index (χ3n) is 3.10. The molecular formula is C15H19N3O. The maximum absolute atomic E-state index is 11.0. The topological polar surface area (TPSA) is 38.1 Å². The van der Waals surface area contributed by atoms with Crippen LogP contribution in [0.2, 0.25) is 0 Å². The van der Waals surface area contributed by atoms with Crippen LogP contribution in [0.1, 0.15) is 27.2 Å². The fraction of sp³-hybridized carbons (Fsp3) is 0.333. The molecule has 1 aromatic carbocycles. The van der Waals surface area contributed by atoms with Crippen LogP contribution in [0.4, 0.5) is 0 Å². The van der Waals surface area contributed by atoms with E-state index in [1.165, 1.54) is 5.56 Å². The molecule has 0 fully saturated rings. The minimum absolute atomic E-state index is 0.638. The number of nitrogens with zero attached hydrogens (tertiary/aromatic N) is 3. The average molecular weight is 257 g/mol. The third kappa shape index (κ3) is 2.74. The molecule has 0 saturated heterocycles. The van der Waals surface area contributed by atoms with E-state index in [-0.39, 0.29) is 0 Å². The van der Waals surface area contributed by atoms with Gasteiger partial charge < -0.3 is 4.90 Å². The molecule has 0 N–H and O–H groups in total. The van der Waals surface area contributed by atoms with Crippen molar-refractivity contribution in [3.63, 3.8) is 0 Å². The quantitative estimate of drug-likeness (QED) is 0.789. The van der Waals surface area contributed by atoms with Crippen LogP contribution in [-0.2, 0) is 6.54 Å². The summed E-state index contributed by atoms with van der Waals surface area (Å²) in [5, 5.41) is 4.45. The van der Waals surface area contributed by atoms with E-state index in [2.05, 4.69) is 35.1 Å². The lowest BCUT2D eigenvalue weighted by Gasteiger charge is -2.16. The number of carbonyl (C=O) groups excluding carboxylic acids is 1. The SMILES string of the molecule is Cc1cccc(CN(C)C)c1-n1cc(C=O)c(C)n1. The summed E-state index contributed by atoms with van der Waals surface area (Å²) >= 11 is 0. The Morgan fingerprint density at radius 2 is 2.05 bits per heavy atom. The number of aromatic nitrogens is 2. The van der Waals surface area contributed by atoms with Gasteiger partial charge in [-0.1, -0.05) is 18.2 Å². The molecule has 19 heavy (non-hydrogen) atoms. The standard InChI is InChI=1S/C15H19N3O/c1-11-6-5-7-13(8-17(3)4)15(11)18-9-14(10-19)12(2)16-18/h5-7,9-10H,8H2,1-4H3. The molecule has 4 nitrogen and oxygen atoms in total. The van der Waals surface area contributed by atoms with E-state index in [0.717, 1.165) is 29.8 Å².